The number of allylic oxidation sites excluding steroid dienone is 2. The molecule has 0 saturated heterocycles. The number of hydrogen-bond donors (Lipinski definition) is 2. The molecular formula is C26H35N3O2. The Labute approximate surface area is 185 Å². The molecule has 0 bridgehead atoms. The van der Waals surface area contributed by atoms with Gasteiger partial charge in [-0.2, -0.15) is 0 Å². The molecule has 5 nitrogen and oxygen atoms in total. The SMILES string of the molecule is CNc1ncnc2c1CC1C(CCC3C4CCC5(C(=O)O)CCCCC5C4=CCC13)C2. The molecule has 0 amide bonds. The lowest BCUT2D eigenvalue weighted by molar-refractivity contribution is -0.157. The van der Waals surface area contributed by atoms with Gasteiger partial charge in [0.05, 0.1) is 5.41 Å². The highest BCUT2D eigenvalue weighted by atomic mass is 16.4. The summed E-state index contributed by atoms with van der Waals surface area (Å²) >= 11 is 0. The smallest absolute Gasteiger partial charge is 0.310 e. The third-order valence-electron chi connectivity index (χ3n) is 10.1. The van der Waals surface area contributed by atoms with Gasteiger partial charge in [-0.15, -0.1) is 0 Å². The fraction of sp³-hybridized carbons (Fsp3) is 0.731. The minimum absolute atomic E-state index is 0.299. The molecule has 1 aromatic rings. The zero-order chi connectivity index (χ0) is 21.2. The van der Waals surface area contributed by atoms with E-state index in [1.165, 1.54) is 30.5 Å². The lowest BCUT2D eigenvalue weighted by Gasteiger charge is -2.56. The summed E-state index contributed by atoms with van der Waals surface area (Å²) in [4.78, 5) is 21.5. The van der Waals surface area contributed by atoms with Crippen LogP contribution in [0.3, 0.4) is 0 Å². The predicted octanol–water partition coefficient (Wildman–Crippen LogP) is 4.88. The zero-order valence-electron chi connectivity index (χ0n) is 18.6. The Morgan fingerprint density at radius 3 is 2.81 bits per heavy atom. The molecule has 3 fully saturated rings. The fourth-order valence-electron chi connectivity index (χ4n) is 8.71. The van der Waals surface area contributed by atoms with Gasteiger partial charge in [0.15, 0.2) is 0 Å². The van der Waals surface area contributed by atoms with Crippen molar-refractivity contribution in [1.29, 1.82) is 0 Å². The van der Waals surface area contributed by atoms with Gasteiger partial charge in [0, 0.05) is 18.3 Å². The van der Waals surface area contributed by atoms with Gasteiger partial charge in [0.2, 0.25) is 0 Å². The van der Waals surface area contributed by atoms with E-state index < -0.39 is 11.4 Å². The third-order valence-corrected chi connectivity index (χ3v) is 10.1. The Balaban J connectivity index is 1.32. The van der Waals surface area contributed by atoms with E-state index in [9.17, 15) is 9.90 Å². The van der Waals surface area contributed by atoms with Crippen molar-refractivity contribution in [2.75, 3.05) is 12.4 Å². The maximum Gasteiger partial charge on any atom is 0.310 e. The summed E-state index contributed by atoms with van der Waals surface area (Å²) in [6.45, 7) is 0. The van der Waals surface area contributed by atoms with Crippen LogP contribution in [0, 0.1) is 40.9 Å². The molecule has 6 rings (SSSR count). The average molecular weight is 422 g/mol. The minimum Gasteiger partial charge on any atom is -0.481 e. The van der Waals surface area contributed by atoms with Crippen LogP contribution < -0.4 is 5.32 Å². The van der Waals surface area contributed by atoms with Crippen molar-refractivity contribution in [3.05, 3.63) is 29.2 Å². The van der Waals surface area contributed by atoms with Crippen LogP contribution in [0.2, 0.25) is 0 Å². The molecular weight excluding hydrogens is 386 g/mol. The summed E-state index contributed by atoms with van der Waals surface area (Å²) in [6.07, 6.45) is 16.5. The van der Waals surface area contributed by atoms with Crippen molar-refractivity contribution >= 4 is 11.8 Å². The monoisotopic (exact) mass is 421 g/mol. The highest BCUT2D eigenvalue weighted by Gasteiger charge is 2.56. The van der Waals surface area contributed by atoms with E-state index >= 15 is 0 Å². The van der Waals surface area contributed by atoms with Crippen LogP contribution in [0.15, 0.2) is 18.0 Å². The Kier molecular flexibility index (Phi) is 4.66. The van der Waals surface area contributed by atoms with Gasteiger partial charge < -0.3 is 10.4 Å². The molecule has 1 aromatic heterocycles. The van der Waals surface area contributed by atoms with Crippen molar-refractivity contribution in [3.63, 3.8) is 0 Å². The normalized spacial score (nSPS) is 40.9. The van der Waals surface area contributed by atoms with E-state index in [-0.39, 0.29) is 0 Å². The first-order valence-electron chi connectivity index (χ1n) is 12.6. The lowest BCUT2D eigenvalue weighted by Crippen LogP contribution is -2.51. The largest absolute Gasteiger partial charge is 0.481 e. The number of rotatable bonds is 2. The van der Waals surface area contributed by atoms with Crippen LogP contribution in [0.25, 0.3) is 0 Å². The first-order valence-corrected chi connectivity index (χ1v) is 12.6. The van der Waals surface area contributed by atoms with Gasteiger partial charge in [-0.05, 0) is 93.3 Å². The minimum atomic E-state index is -0.522. The summed E-state index contributed by atoms with van der Waals surface area (Å²) in [7, 11) is 1.97. The standard InChI is InChI=1S/C26H35N3O2/c1-27-24-21-13-20-15(12-23(21)28-14-29-24)5-6-16-17(20)7-8-19-18(16)9-11-26(25(30)31)10-3-2-4-22(19)26/h8,14-18,20,22H,2-7,9-13H2,1H3,(H,30,31)(H,27,28,29). The molecule has 0 aliphatic heterocycles. The molecule has 3 saturated carbocycles. The Morgan fingerprint density at radius 1 is 1.06 bits per heavy atom. The van der Waals surface area contributed by atoms with Gasteiger partial charge in [0.25, 0.3) is 0 Å². The van der Waals surface area contributed by atoms with Crippen molar-refractivity contribution < 1.29 is 9.90 Å². The Morgan fingerprint density at radius 2 is 1.97 bits per heavy atom. The van der Waals surface area contributed by atoms with E-state index in [2.05, 4.69) is 21.4 Å². The molecule has 31 heavy (non-hydrogen) atoms. The fourth-order valence-corrected chi connectivity index (χ4v) is 8.71. The van der Waals surface area contributed by atoms with Crippen molar-refractivity contribution in [2.45, 2.75) is 70.6 Å². The molecule has 7 unspecified atom stereocenters. The number of nitrogens with zero attached hydrogens (tertiary/aromatic N) is 2. The van der Waals surface area contributed by atoms with Gasteiger partial charge in [-0.1, -0.05) is 24.5 Å². The molecule has 7 atom stereocenters. The van der Waals surface area contributed by atoms with Crippen LogP contribution in [0.4, 0.5) is 5.82 Å². The lowest BCUT2D eigenvalue weighted by atomic mass is 9.48. The number of aliphatic carboxylic acids is 1. The average Bonchev–Trinajstić information content (AvgIpc) is 2.81. The second-order valence-electron chi connectivity index (χ2n) is 11.0. The second kappa shape index (κ2) is 7.31. The number of carbonyl (C=O) groups is 1. The number of aromatic nitrogens is 2. The van der Waals surface area contributed by atoms with Gasteiger partial charge in [-0.25, -0.2) is 9.97 Å². The van der Waals surface area contributed by atoms with E-state index in [0.29, 0.717) is 11.8 Å². The van der Waals surface area contributed by atoms with Gasteiger partial charge in [-0.3, -0.25) is 4.79 Å². The van der Waals surface area contributed by atoms with Crippen LogP contribution in [-0.4, -0.2) is 28.1 Å². The topological polar surface area (TPSA) is 75.1 Å². The van der Waals surface area contributed by atoms with E-state index in [1.54, 1.807) is 11.9 Å². The van der Waals surface area contributed by atoms with Crippen LogP contribution in [-0.2, 0) is 17.6 Å². The number of fused-ring (bicyclic) bond motifs is 8. The van der Waals surface area contributed by atoms with Gasteiger partial charge >= 0.3 is 5.97 Å². The highest BCUT2D eigenvalue weighted by Crippen LogP contribution is 2.61. The highest BCUT2D eigenvalue weighted by molar-refractivity contribution is 5.76. The summed E-state index contributed by atoms with van der Waals surface area (Å²) in [5.41, 5.74) is 3.70. The number of hydrogen-bond acceptors (Lipinski definition) is 4. The van der Waals surface area contributed by atoms with Crippen molar-refractivity contribution in [2.24, 2.45) is 40.9 Å². The summed E-state index contributed by atoms with van der Waals surface area (Å²) in [5, 5.41) is 13.5. The molecule has 0 aromatic carbocycles. The maximum absolute atomic E-state index is 12.4. The Bertz CT molecular complexity index is 927. The van der Waals surface area contributed by atoms with Gasteiger partial charge in [0.1, 0.15) is 12.1 Å². The first-order chi connectivity index (χ1) is 15.1. The number of anilines is 1. The van der Waals surface area contributed by atoms with Crippen LogP contribution in [0.1, 0.15) is 69.0 Å². The molecule has 5 heteroatoms. The number of carboxylic acids is 1. The van der Waals surface area contributed by atoms with E-state index in [4.69, 9.17) is 0 Å². The van der Waals surface area contributed by atoms with Crippen LogP contribution >= 0.6 is 0 Å². The molecule has 2 N–H and O–H groups in total. The molecule has 1 heterocycles. The molecule has 0 radical (unpaired) electrons. The first kappa shape index (κ1) is 19.8. The summed E-state index contributed by atoms with van der Waals surface area (Å²) in [6, 6.07) is 0. The second-order valence-corrected chi connectivity index (χ2v) is 11.0. The van der Waals surface area contributed by atoms with Crippen molar-refractivity contribution in [3.8, 4) is 0 Å². The van der Waals surface area contributed by atoms with Crippen LogP contribution in [0.5, 0.6) is 0 Å². The van der Waals surface area contributed by atoms with Crippen molar-refractivity contribution in [1.82, 2.24) is 9.97 Å². The molecule has 5 aliphatic carbocycles. The third kappa shape index (κ3) is 2.84. The zero-order valence-corrected chi connectivity index (χ0v) is 18.6. The van der Waals surface area contributed by atoms with E-state index in [1.807, 2.05) is 7.05 Å². The maximum atomic E-state index is 12.4. The molecule has 0 spiro atoms. The summed E-state index contributed by atoms with van der Waals surface area (Å²) in [5.74, 6) is 4.39. The number of carboxylic acid groups (broad SMARTS) is 1. The quantitative estimate of drug-likeness (QED) is 0.666. The number of nitrogens with one attached hydrogen (secondary N) is 1. The Hall–Kier alpha value is -1.91. The predicted molar refractivity (Wildman–Crippen MR) is 120 cm³/mol. The molecule has 166 valence electrons. The molecule has 5 aliphatic rings. The summed E-state index contributed by atoms with van der Waals surface area (Å²) < 4.78 is 0. The van der Waals surface area contributed by atoms with E-state index in [0.717, 1.165) is 80.9 Å².